The van der Waals surface area contributed by atoms with Crippen molar-refractivity contribution in [3.63, 3.8) is 0 Å². The number of halogens is 2. The number of amides is 2. The number of benzene rings is 2. The molecule has 2 amide bonds. The number of aromatic nitrogens is 5. The topological polar surface area (TPSA) is 169 Å². The zero-order valence-corrected chi connectivity index (χ0v) is 29.8. The molecule has 1 aliphatic carbocycles. The van der Waals surface area contributed by atoms with E-state index in [4.69, 9.17) is 37.4 Å². The smallest absolute Gasteiger partial charge is 0.347 e. The van der Waals surface area contributed by atoms with E-state index in [2.05, 4.69) is 4.98 Å². The van der Waals surface area contributed by atoms with E-state index in [1.807, 2.05) is 0 Å². The number of ether oxygens (including phenoxy) is 3. The lowest BCUT2D eigenvalue weighted by Crippen LogP contribution is -2.59. The Morgan fingerprint density at radius 1 is 0.980 bits per heavy atom. The van der Waals surface area contributed by atoms with E-state index in [1.54, 1.807) is 50.4 Å². The molecular weight excluding hydrogens is 707 g/mol. The van der Waals surface area contributed by atoms with Gasteiger partial charge in [0.05, 0.1) is 44.4 Å². The van der Waals surface area contributed by atoms with Crippen molar-refractivity contribution in [2.75, 3.05) is 27.9 Å². The summed E-state index contributed by atoms with van der Waals surface area (Å²) in [6.07, 6.45) is 1.30. The van der Waals surface area contributed by atoms with Crippen LogP contribution in [0.5, 0.6) is 23.0 Å². The van der Waals surface area contributed by atoms with Crippen LogP contribution in [0.15, 0.2) is 56.4 Å². The molecule has 268 valence electrons. The average molecular weight is 742 g/mol. The first-order valence-corrected chi connectivity index (χ1v) is 16.9. The molecule has 7 rings (SSSR count). The second-order valence-electron chi connectivity index (χ2n) is 12.7. The Bertz CT molecular complexity index is 2380. The van der Waals surface area contributed by atoms with Gasteiger partial charge in [-0.05, 0) is 18.6 Å². The molecule has 4 aromatic rings. The number of alkyl halides is 2. The zero-order valence-electron chi connectivity index (χ0n) is 28.3. The number of fused-ring (bicyclic) bond motifs is 5. The maximum atomic E-state index is 14.2. The summed E-state index contributed by atoms with van der Waals surface area (Å²) in [7, 11) is 5.82. The molecule has 0 radical (unpaired) electrons. The van der Waals surface area contributed by atoms with Gasteiger partial charge in [0.1, 0.15) is 5.69 Å². The Hall–Kier alpha value is -5.02. The van der Waals surface area contributed by atoms with Crippen LogP contribution in [-0.4, -0.2) is 82.9 Å². The molecular formula is C34H34Cl2N6O9. The largest absolute Gasteiger partial charge is 0.504 e. The number of methoxy groups -OCH3 is 2. The van der Waals surface area contributed by atoms with Crippen LogP contribution in [0.3, 0.4) is 0 Å². The quantitative estimate of drug-likeness (QED) is 0.160. The summed E-state index contributed by atoms with van der Waals surface area (Å²) >= 11 is 14.4. The van der Waals surface area contributed by atoms with Gasteiger partial charge in [0.25, 0.3) is 17.4 Å². The van der Waals surface area contributed by atoms with Crippen LogP contribution in [0.2, 0.25) is 0 Å². The summed E-state index contributed by atoms with van der Waals surface area (Å²) < 4.78 is 21.2. The molecule has 2 aromatic heterocycles. The summed E-state index contributed by atoms with van der Waals surface area (Å²) in [5.41, 5.74) is -0.148. The number of para-hydroxylation sites is 1. The van der Waals surface area contributed by atoms with Gasteiger partial charge in [0.15, 0.2) is 32.7 Å². The standard InChI is InChI=1S/C34H34Cl2N6O9/c1-6-51-23-9-7-8-18(27(23)43)26-17-10-13-41-31(47)40(32(48)42(41)22(17)16-33(35)29(45)39(3)30(46)34(26,33)36)12-11-19-28(44)38(2)21-15-25(50-5)24(49-4)14-20(21)37-19/h7-10,14-15,22,26,43H,6,11-13,16H2,1-5H3/t22-,26-,33-,34+/m1/s1. The predicted molar refractivity (Wildman–Crippen MR) is 185 cm³/mol. The van der Waals surface area contributed by atoms with Gasteiger partial charge in [0, 0.05) is 57.1 Å². The minimum Gasteiger partial charge on any atom is -0.504 e. The van der Waals surface area contributed by atoms with Crippen molar-refractivity contribution in [2.45, 2.75) is 54.6 Å². The summed E-state index contributed by atoms with van der Waals surface area (Å²) in [5.74, 6) is -2.06. The Labute approximate surface area is 299 Å². The second kappa shape index (κ2) is 12.0. The van der Waals surface area contributed by atoms with E-state index in [9.17, 15) is 29.1 Å². The second-order valence-corrected chi connectivity index (χ2v) is 13.9. The molecule has 15 nitrogen and oxygen atoms in total. The minimum absolute atomic E-state index is 0.0657. The maximum Gasteiger partial charge on any atom is 0.347 e. The molecule has 2 aromatic carbocycles. The molecule has 1 saturated carbocycles. The maximum absolute atomic E-state index is 14.2. The van der Waals surface area contributed by atoms with Crippen LogP contribution in [0, 0.1) is 0 Å². The molecule has 3 aliphatic rings. The summed E-state index contributed by atoms with van der Waals surface area (Å²) in [5, 5.41) is 11.4. The normalized spacial score (nSPS) is 23.9. The van der Waals surface area contributed by atoms with Crippen molar-refractivity contribution in [3.05, 3.63) is 84.6 Å². The number of hydrogen-bond donors (Lipinski definition) is 1. The molecule has 2 aliphatic heterocycles. The van der Waals surface area contributed by atoms with E-state index in [1.165, 1.54) is 35.2 Å². The Kier molecular flexibility index (Phi) is 8.13. The summed E-state index contributed by atoms with van der Waals surface area (Å²) in [6, 6.07) is 6.98. The first-order chi connectivity index (χ1) is 24.2. The number of likely N-dealkylation sites (tertiary alicyclic amines) is 1. The number of carbonyl (C=O) groups excluding carboxylic acids is 2. The zero-order chi connectivity index (χ0) is 36.7. The van der Waals surface area contributed by atoms with Gasteiger partial charge in [-0.15, -0.1) is 23.2 Å². The van der Waals surface area contributed by atoms with Crippen LogP contribution in [0.4, 0.5) is 0 Å². The number of nitrogens with zero attached hydrogens (tertiary/aromatic N) is 6. The van der Waals surface area contributed by atoms with E-state index >= 15 is 0 Å². The lowest BCUT2D eigenvalue weighted by atomic mass is 9.64. The van der Waals surface area contributed by atoms with Gasteiger partial charge in [0.2, 0.25) is 0 Å². The Morgan fingerprint density at radius 3 is 2.37 bits per heavy atom. The average Bonchev–Trinajstić information content (AvgIpc) is 3.44. The highest BCUT2D eigenvalue weighted by Gasteiger charge is 2.75. The summed E-state index contributed by atoms with van der Waals surface area (Å²) in [6.45, 7) is 1.69. The number of phenolic OH excluding ortho intramolecular Hbond substituents is 1. The lowest BCUT2D eigenvalue weighted by molar-refractivity contribution is -0.137. The van der Waals surface area contributed by atoms with Crippen LogP contribution < -0.4 is 31.1 Å². The molecule has 17 heteroatoms. The van der Waals surface area contributed by atoms with E-state index in [0.717, 1.165) is 9.47 Å². The third-order valence-electron chi connectivity index (χ3n) is 10.2. The summed E-state index contributed by atoms with van der Waals surface area (Å²) in [4.78, 5) is 70.1. The fourth-order valence-electron chi connectivity index (χ4n) is 7.72. The number of phenols is 1. The van der Waals surface area contributed by atoms with E-state index < -0.39 is 50.5 Å². The number of carbonyl (C=O) groups is 2. The van der Waals surface area contributed by atoms with Gasteiger partial charge >= 0.3 is 11.4 Å². The van der Waals surface area contributed by atoms with Crippen molar-refractivity contribution in [3.8, 4) is 23.0 Å². The lowest BCUT2D eigenvalue weighted by Gasteiger charge is -2.49. The van der Waals surface area contributed by atoms with Gasteiger partial charge < -0.3 is 23.9 Å². The van der Waals surface area contributed by atoms with E-state index in [-0.39, 0.29) is 55.3 Å². The molecule has 4 atom stereocenters. The van der Waals surface area contributed by atoms with Crippen molar-refractivity contribution in [1.29, 1.82) is 0 Å². The molecule has 0 spiro atoms. The molecule has 1 saturated heterocycles. The molecule has 0 unspecified atom stereocenters. The number of aromatic hydroxyl groups is 1. The fourth-order valence-corrected chi connectivity index (χ4v) is 8.72. The van der Waals surface area contributed by atoms with Crippen LogP contribution >= 0.6 is 23.2 Å². The molecule has 4 heterocycles. The third kappa shape index (κ3) is 4.63. The minimum atomic E-state index is -2.09. The van der Waals surface area contributed by atoms with Gasteiger partial charge in [-0.3, -0.25) is 19.3 Å². The first-order valence-electron chi connectivity index (χ1n) is 16.1. The Balaban J connectivity index is 1.32. The van der Waals surface area contributed by atoms with Gasteiger partial charge in [-0.2, -0.15) is 0 Å². The predicted octanol–water partition coefficient (Wildman–Crippen LogP) is 2.05. The number of hydrogen-bond acceptors (Lipinski definition) is 10. The SMILES string of the molecule is CCOc1cccc([C@H]2C3=CCn4c(=O)n(CCc5nc6cc(OC)c(OC)cc6n(C)c5=O)c(=O)n4[C@@H]3C[C@@]3(Cl)C(=O)N(C)C(=O)[C@@]23Cl)c1O. The highest BCUT2D eigenvalue weighted by Crippen LogP contribution is 2.64. The van der Waals surface area contributed by atoms with Gasteiger partial charge in [-0.25, -0.2) is 28.5 Å². The first kappa shape index (κ1) is 34.4. The number of aryl methyl sites for hydroxylation is 2. The van der Waals surface area contributed by atoms with Gasteiger partial charge in [-0.1, -0.05) is 18.2 Å². The third-order valence-corrected chi connectivity index (χ3v) is 11.6. The van der Waals surface area contributed by atoms with Crippen molar-refractivity contribution in [2.24, 2.45) is 7.05 Å². The molecule has 0 bridgehead atoms. The van der Waals surface area contributed by atoms with Crippen LogP contribution in [0.1, 0.15) is 36.6 Å². The number of imide groups is 1. The van der Waals surface area contributed by atoms with Crippen LogP contribution in [0.25, 0.3) is 11.0 Å². The van der Waals surface area contributed by atoms with Crippen molar-refractivity contribution < 1.29 is 28.9 Å². The van der Waals surface area contributed by atoms with Crippen LogP contribution in [-0.2, 0) is 36.1 Å². The van der Waals surface area contributed by atoms with Crippen molar-refractivity contribution >= 4 is 46.0 Å². The molecule has 2 fully saturated rings. The van der Waals surface area contributed by atoms with E-state index in [0.29, 0.717) is 28.1 Å². The number of allylic oxidation sites excluding steroid dienone is 2. The monoisotopic (exact) mass is 740 g/mol. The number of rotatable bonds is 8. The van der Waals surface area contributed by atoms with Crippen molar-refractivity contribution in [1.82, 2.24) is 28.4 Å². The molecule has 1 N–H and O–H groups in total. The fraction of sp³-hybridized carbons (Fsp3) is 0.412. The molecule has 51 heavy (non-hydrogen) atoms. The Morgan fingerprint density at radius 2 is 1.69 bits per heavy atom. The highest BCUT2D eigenvalue weighted by atomic mass is 35.5. The highest BCUT2D eigenvalue weighted by molar-refractivity contribution is 6.53.